The van der Waals surface area contributed by atoms with E-state index >= 15 is 0 Å². The van der Waals surface area contributed by atoms with Crippen molar-refractivity contribution in [3.8, 4) is 0 Å². The van der Waals surface area contributed by atoms with E-state index < -0.39 is 10.4 Å². The Balaban J connectivity index is 0.000000845. The van der Waals surface area contributed by atoms with E-state index in [9.17, 15) is 8.42 Å². The van der Waals surface area contributed by atoms with Crippen molar-refractivity contribution in [3.63, 3.8) is 0 Å². The Kier molecular flexibility index (Phi) is 3.52. The van der Waals surface area contributed by atoms with Crippen LogP contribution in [0.5, 0.6) is 0 Å². The monoisotopic (exact) mass is 388 g/mol. The molecule has 2 saturated carbocycles. The maximum absolute atomic E-state index is 10.4. The normalized spacial score (nSPS) is 22.9. The molecule has 2 rings (SSSR count). The summed E-state index contributed by atoms with van der Waals surface area (Å²) in [6, 6.07) is 0.416. The number of hydrogen-bond donors (Lipinski definition) is 1. The molecule has 0 aromatic rings. The van der Waals surface area contributed by atoms with E-state index in [1.54, 1.807) is 0 Å². The third-order valence-electron chi connectivity index (χ3n) is 1.99. The van der Waals surface area contributed by atoms with Crippen LogP contribution in [0.4, 0.5) is 0 Å². The van der Waals surface area contributed by atoms with Crippen molar-refractivity contribution in [2.24, 2.45) is 0 Å². The molecule has 0 bridgehead atoms. The van der Waals surface area contributed by atoms with Gasteiger partial charge in [-0.2, -0.15) is 17.8 Å². The second kappa shape index (κ2) is 3.94. The Morgan fingerprint density at radius 2 is 1.54 bits per heavy atom. The van der Waals surface area contributed by atoms with Crippen LogP contribution in [0.1, 0.15) is 25.7 Å². The van der Waals surface area contributed by atoms with Crippen molar-refractivity contribution >= 4 is 10.4 Å². The molecule has 0 aromatic carbocycles. The molecule has 0 saturated heterocycles. The van der Waals surface area contributed by atoms with Crippen LogP contribution >= 0.6 is 0 Å². The van der Waals surface area contributed by atoms with Gasteiger partial charge in [0.1, 0.15) is 0 Å². The second-order valence-corrected chi connectivity index (χ2v) is 4.33. The van der Waals surface area contributed by atoms with Crippen LogP contribution in [0.2, 0.25) is 0 Å². The van der Waals surface area contributed by atoms with Gasteiger partial charge in [0, 0.05) is 33.1 Å². The first-order chi connectivity index (χ1) is 5.56. The van der Waals surface area contributed by atoms with E-state index in [0.29, 0.717) is 0 Å². The van der Waals surface area contributed by atoms with E-state index in [-0.39, 0.29) is 33.1 Å². The van der Waals surface area contributed by atoms with Crippen LogP contribution in [0.15, 0.2) is 0 Å². The van der Waals surface area contributed by atoms with Gasteiger partial charge in [0.2, 0.25) is 0 Å². The Bertz CT molecular complexity index is 260. The zero-order valence-electron chi connectivity index (χ0n) is 6.83. The van der Waals surface area contributed by atoms with E-state index in [2.05, 4.69) is 4.28 Å². The molecule has 13 heavy (non-hydrogen) atoms. The zero-order chi connectivity index (χ0) is 8.77. The molecule has 1 N–H and O–H groups in total. The minimum absolute atomic E-state index is 0. The minimum atomic E-state index is -4.31. The molecule has 0 unspecified atom stereocenters. The van der Waals surface area contributed by atoms with Gasteiger partial charge in [0.05, 0.1) is 0 Å². The molecule has 80 valence electrons. The summed E-state index contributed by atoms with van der Waals surface area (Å²) >= 11 is 0. The first-order valence-electron chi connectivity index (χ1n) is 4.01. The number of nitrogens with zero attached hydrogens (tertiary/aromatic N) is 1. The van der Waals surface area contributed by atoms with E-state index in [1.807, 2.05) is 0 Å². The van der Waals surface area contributed by atoms with Crippen molar-refractivity contribution in [2.45, 2.75) is 37.8 Å². The smallest absolute Gasteiger partial charge is 0.262 e. The Morgan fingerprint density at radius 1 is 1.15 bits per heavy atom. The third kappa shape index (κ3) is 3.64. The summed E-state index contributed by atoms with van der Waals surface area (Å²) in [5, 5.41) is 1.43. The van der Waals surface area contributed by atoms with Crippen molar-refractivity contribution in [3.05, 3.63) is 0 Å². The minimum Gasteiger partial charge on any atom is -0.262 e. The van der Waals surface area contributed by atoms with Gasteiger partial charge in [0.15, 0.2) is 0 Å². The van der Waals surface area contributed by atoms with Gasteiger partial charge in [-0.1, -0.05) is 0 Å². The topological polar surface area (TPSA) is 66.8 Å². The molecule has 0 spiro atoms. The average molecular weight is 388 g/mol. The van der Waals surface area contributed by atoms with Crippen LogP contribution in [0.25, 0.3) is 0 Å². The SMILES string of the molecule is O=S(=O)(O)ON(C1CC1)C1CC1.[Pt]. The van der Waals surface area contributed by atoms with Crippen LogP contribution in [-0.2, 0) is 35.7 Å². The van der Waals surface area contributed by atoms with Gasteiger partial charge < -0.3 is 0 Å². The summed E-state index contributed by atoms with van der Waals surface area (Å²) < 4.78 is 33.7. The molecule has 7 heteroatoms. The van der Waals surface area contributed by atoms with Gasteiger partial charge in [-0.25, -0.2) is 0 Å². The van der Waals surface area contributed by atoms with Gasteiger partial charge in [-0.15, -0.1) is 0 Å². The molecule has 0 atom stereocenters. The fraction of sp³-hybridized carbons (Fsp3) is 1.00. The molecule has 2 fully saturated rings. The summed E-state index contributed by atoms with van der Waals surface area (Å²) in [5.41, 5.74) is 0. The summed E-state index contributed by atoms with van der Waals surface area (Å²) in [4.78, 5) is 0. The van der Waals surface area contributed by atoms with Gasteiger partial charge in [-0.05, 0) is 25.7 Å². The molecular weight excluding hydrogens is 377 g/mol. The molecule has 0 aromatic heterocycles. The molecule has 0 radical (unpaired) electrons. The molecule has 2 aliphatic rings. The number of rotatable bonds is 4. The van der Waals surface area contributed by atoms with Crippen LogP contribution in [0.3, 0.4) is 0 Å². The third-order valence-corrected chi connectivity index (χ3v) is 2.35. The van der Waals surface area contributed by atoms with Crippen LogP contribution in [-0.4, -0.2) is 30.1 Å². The number of hydroxylamine groups is 2. The fourth-order valence-electron chi connectivity index (χ4n) is 1.19. The quantitative estimate of drug-likeness (QED) is 0.556. The Labute approximate surface area is 91.6 Å². The van der Waals surface area contributed by atoms with Crippen molar-refractivity contribution in [1.29, 1.82) is 0 Å². The molecular formula is C6H11NO4PtS. The van der Waals surface area contributed by atoms with E-state index in [1.165, 1.54) is 5.06 Å². The predicted molar refractivity (Wildman–Crippen MR) is 40.5 cm³/mol. The fourth-order valence-corrected chi connectivity index (χ4v) is 1.65. The standard InChI is InChI=1S/C6H11NO4S.Pt/c8-12(9,10)11-7(5-1-2-5)6-3-4-6;/h5-6H,1-4H2,(H,8,9,10);. The molecule has 0 heterocycles. The van der Waals surface area contributed by atoms with Gasteiger partial charge in [-0.3, -0.25) is 4.55 Å². The predicted octanol–water partition coefficient (Wildman–Crippen LogP) is 0.345. The largest absolute Gasteiger partial charge is 0.413 e. The van der Waals surface area contributed by atoms with Gasteiger partial charge in [0.25, 0.3) is 0 Å². The zero-order valence-corrected chi connectivity index (χ0v) is 9.92. The Hall–Kier alpha value is 0.518. The maximum atomic E-state index is 10.4. The first kappa shape index (κ1) is 11.6. The van der Waals surface area contributed by atoms with Crippen LogP contribution < -0.4 is 0 Å². The average Bonchev–Trinajstić information content (AvgIpc) is 2.78. The maximum Gasteiger partial charge on any atom is 0.413 e. The summed E-state index contributed by atoms with van der Waals surface area (Å²) in [7, 11) is -4.31. The van der Waals surface area contributed by atoms with E-state index in [4.69, 9.17) is 4.55 Å². The number of hydrogen-bond acceptors (Lipinski definition) is 4. The Morgan fingerprint density at radius 3 is 1.77 bits per heavy atom. The van der Waals surface area contributed by atoms with Gasteiger partial charge >= 0.3 is 10.4 Å². The molecule has 5 nitrogen and oxygen atoms in total. The summed E-state index contributed by atoms with van der Waals surface area (Å²) in [6.45, 7) is 0. The second-order valence-electron chi connectivity index (χ2n) is 3.32. The van der Waals surface area contributed by atoms with Crippen molar-refractivity contribution < 1.29 is 38.3 Å². The van der Waals surface area contributed by atoms with E-state index in [0.717, 1.165) is 25.7 Å². The molecule has 0 aliphatic heterocycles. The molecule has 0 amide bonds. The summed E-state index contributed by atoms with van der Waals surface area (Å²) in [5.74, 6) is 0. The van der Waals surface area contributed by atoms with Crippen molar-refractivity contribution in [2.75, 3.05) is 0 Å². The summed E-state index contributed by atoms with van der Waals surface area (Å²) in [6.07, 6.45) is 3.86. The van der Waals surface area contributed by atoms with Crippen LogP contribution in [0, 0.1) is 0 Å². The van der Waals surface area contributed by atoms with Crippen molar-refractivity contribution in [1.82, 2.24) is 5.06 Å². The molecule has 2 aliphatic carbocycles. The first-order valence-corrected chi connectivity index (χ1v) is 5.38.